The summed E-state index contributed by atoms with van der Waals surface area (Å²) in [5.41, 5.74) is 0. The van der Waals surface area contributed by atoms with Gasteiger partial charge in [0.15, 0.2) is 6.29 Å². The molecule has 0 saturated heterocycles. The molecule has 0 aliphatic rings. The first-order valence-electron chi connectivity index (χ1n) is 2.85. The van der Waals surface area contributed by atoms with E-state index in [-0.39, 0.29) is 12.4 Å². The van der Waals surface area contributed by atoms with Crippen molar-refractivity contribution in [3.05, 3.63) is 0 Å². The van der Waals surface area contributed by atoms with E-state index in [1.165, 1.54) is 0 Å². The smallest absolute Gasteiger partial charge is 0.154 e. The molecular formula is C6H14O2. The minimum Gasteiger partial charge on any atom is -0.356 e. The number of rotatable bonds is 3. The Kier molecular flexibility index (Phi) is 3.83. The molecule has 0 aromatic rings. The molecule has 0 aliphatic heterocycles. The van der Waals surface area contributed by atoms with Gasteiger partial charge < -0.3 is 9.47 Å². The molecule has 8 heavy (non-hydrogen) atoms. The Balaban J connectivity index is 3.10. The third kappa shape index (κ3) is 4.09. The van der Waals surface area contributed by atoms with E-state index in [1.54, 1.807) is 7.11 Å². The fourth-order valence-electron chi connectivity index (χ4n) is 0.439. The molecular weight excluding hydrogens is 104 g/mol. The Labute approximate surface area is 50.8 Å². The van der Waals surface area contributed by atoms with Gasteiger partial charge in [0.05, 0.1) is 6.10 Å². The number of hydrogen-bond acceptors (Lipinski definition) is 2. The second-order valence-corrected chi connectivity index (χ2v) is 1.99. The molecule has 0 rings (SSSR count). The van der Waals surface area contributed by atoms with Crippen molar-refractivity contribution < 1.29 is 9.47 Å². The highest BCUT2D eigenvalue weighted by atomic mass is 16.7. The van der Waals surface area contributed by atoms with Crippen LogP contribution < -0.4 is 0 Å². The van der Waals surface area contributed by atoms with Crippen molar-refractivity contribution in [2.45, 2.75) is 33.2 Å². The van der Waals surface area contributed by atoms with Crippen molar-refractivity contribution in [3.8, 4) is 0 Å². The lowest BCUT2D eigenvalue weighted by atomic mass is 10.5. The Morgan fingerprint density at radius 2 is 1.62 bits per heavy atom. The van der Waals surface area contributed by atoms with Crippen molar-refractivity contribution >= 4 is 0 Å². The highest BCUT2D eigenvalue weighted by Crippen LogP contribution is 1.95. The van der Waals surface area contributed by atoms with Crippen LogP contribution in [0.1, 0.15) is 20.8 Å². The standard InChI is InChI=1S/C6H14O2/c1-5(2)8-6(3)7-4/h5-6H,1-4H3/t6-/m1/s1. The van der Waals surface area contributed by atoms with Crippen LogP contribution in [-0.4, -0.2) is 19.5 Å². The summed E-state index contributed by atoms with van der Waals surface area (Å²) >= 11 is 0. The number of hydrogen-bond donors (Lipinski definition) is 0. The van der Waals surface area contributed by atoms with Crippen LogP contribution in [0.25, 0.3) is 0 Å². The topological polar surface area (TPSA) is 18.5 Å². The van der Waals surface area contributed by atoms with Crippen molar-refractivity contribution in [3.63, 3.8) is 0 Å². The Bertz CT molecular complexity index is 52.5. The van der Waals surface area contributed by atoms with Crippen LogP contribution >= 0.6 is 0 Å². The second kappa shape index (κ2) is 3.87. The summed E-state index contributed by atoms with van der Waals surface area (Å²) in [6.45, 7) is 5.84. The van der Waals surface area contributed by atoms with E-state index < -0.39 is 0 Å². The van der Waals surface area contributed by atoms with Gasteiger partial charge in [0, 0.05) is 7.11 Å². The highest BCUT2D eigenvalue weighted by Gasteiger charge is 1.99. The van der Waals surface area contributed by atoms with Gasteiger partial charge in [-0.05, 0) is 20.8 Å². The van der Waals surface area contributed by atoms with Gasteiger partial charge in [0.25, 0.3) is 0 Å². The molecule has 0 aromatic heterocycles. The van der Waals surface area contributed by atoms with E-state index in [0.29, 0.717) is 0 Å². The molecule has 0 saturated carbocycles. The minimum absolute atomic E-state index is 0.0741. The first-order valence-corrected chi connectivity index (χ1v) is 2.85. The number of methoxy groups -OCH3 is 1. The zero-order valence-corrected chi connectivity index (χ0v) is 5.97. The van der Waals surface area contributed by atoms with Crippen LogP contribution in [-0.2, 0) is 9.47 Å². The molecule has 2 nitrogen and oxygen atoms in total. The van der Waals surface area contributed by atoms with Gasteiger partial charge in [0.1, 0.15) is 0 Å². The Morgan fingerprint density at radius 3 is 1.75 bits per heavy atom. The summed E-state index contributed by atoms with van der Waals surface area (Å²) in [5, 5.41) is 0. The van der Waals surface area contributed by atoms with Crippen molar-refractivity contribution in [2.24, 2.45) is 0 Å². The summed E-state index contributed by atoms with van der Waals surface area (Å²) in [5.74, 6) is 0. The third-order valence-corrected chi connectivity index (χ3v) is 0.796. The van der Waals surface area contributed by atoms with E-state index in [4.69, 9.17) is 9.47 Å². The summed E-state index contributed by atoms with van der Waals surface area (Å²) in [6, 6.07) is 0. The van der Waals surface area contributed by atoms with E-state index in [0.717, 1.165) is 0 Å². The lowest BCUT2D eigenvalue weighted by Crippen LogP contribution is -2.15. The normalized spacial score (nSPS) is 14.6. The summed E-state index contributed by atoms with van der Waals surface area (Å²) in [6.07, 6.45) is 0.181. The Hall–Kier alpha value is -0.0800. The maximum Gasteiger partial charge on any atom is 0.154 e. The SMILES string of the molecule is CO[C@@H](C)OC(C)C. The van der Waals surface area contributed by atoms with Gasteiger partial charge in [-0.1, -0.05) is 0 Å². The molecule has 0 fully saturated rings. The van der Waals surface area contributed by atoms with Gasteiger partial charge in [-0.2, -0.15) is 0 Å². The molecule has 0 heterocycles. The molecule has 50 valence electrons. The van der Waals surface area contributed by atoms with Gasteiger partial charge in [-0.15, -0.1) is 0 Å². The molecule has 2 heteroatoms. The first kappa shape index (κ1) is 7.92. The summed E-state index contributed by atoms with van der Waals surface area (Å²) in [7, 11) is 1.63. The predicted molar refractivity (Wildman–Crippen MR) is 32.7 cm³/mol. The van der Waals surface area contributed by atoms with Gasteiger partial charge in [0.2, 0.25) is 0 Å². The molecule has 0 bridgehead atoms. The molecule has 1 atom stereocenters. The predicted octanol–water partition coefficient (Wildman–Crippen LogP) is 1.40. The molecule has 0 aromatic carbocycles. The zero-order valence-electron chi connectivity index (χ0n) is 5.97. The lowest BCUT2D eigenvalue weighted by Gasteiger charge is -2.13. The van der Waals surface area contributed by atoms with Crippen LogP contribution in [0.5, 0.6) is 0 Å². The molecule has 0 unspecified atom stereocenters. The maximum atomic E-state index is 5.18. The van der Waals surface area contributed by atoms with Gasteiger partial charge in [-0.25, -0.2) is 0 Å². The summed E-state index contributed by atoms with van der Waals surface area (Å²) < 4.78 is 10.0. The Morgan fingerprint density at radius 1 is 1.12 bits per heavy atom. The third-order valence-electron chi connectivity index (χ3n) is 0.796. The molecule has 0 amide bonds. The summed E-state index contributed by atoms with van der Waals surface area (Å²) in [4.78, 5) is 0. The zero-order chi connectivity index (χ0) is 6.57. The fourth-order valence-corrected chi connectivity index (χ4v) is 0.439. The van der Waals surface area contributed by atoms with Crippen molar-refractivity contribution in [1.82, 2.24) is 0 Å². The van der Waals surface area contributed by atoms with Gasteiger partial charge >= 0.3 is 0 Å². The lowest BCUT2D eigenvalue weighted by molar-refractivity contribution is -0.134. The van der Waals surface area contributed by atoms with E-state index in [2.05, 4.69) is 0 Å². The fraction of sp³-hybridized carbons (Fsp3) is 1.00. The van der Waals surface area contributed by atoms with Gasteiger partial charge in [-0.3, -0.25) is 0 Å². The van der Waals surface area contributed by atoms with Crippen LogP contribution in [0.4, 0.5) is 0 Å². The average Bonchev–Trinajstić information content (AvgIpc) is 1.65. The first-order chi connectivity index (χ1) is 3.66. The van der Waals surface area contributed by atoms with Crippen molar-refractivity contribution in [1.29, 1.82) is 0 Å². The van der Waals surface area contributed by atoms with Crippen molar-refractivity contribution in [2.75, 3.05) is 7.11 Å². The van der Waals surface area contributed by atoms with E-state index >= 15 is 0 Å². The van der Waals surface area contributed by atoms with Crippen LogP contribution in [0, 0.1) is 0 Å². The average molecular weight is 118 g/mol. The maximum absolute atomic E-state index is 5.18. The quantitative estimate of drug-likeness (QED) is 0.521. The monoisotopic (exact) mass is 118 g/mol. The molecule has 0 aliphatic carbocycles. The van der Waals surface area contributed by atoms with Crippen LogP contribution in [0.2, 0.25) is 0 Å². The molecule has 0 spiro atoms. The van der Waals surface area contributed by atoms with E-state index in [9.17, 15) is 0 Å². The highest BCUT2D eigenvalue weighted by molar-refractivity contribution is 4.36. The minimum atomic E-state index is -0.0741. The van der Waals surface area contributed by atoms with Crippen LogP contribution in [0.15, 0.2) is 0 Å². The van der Waals surface area contributed by atoms with E-state index in [1.807, 2.05) is 20.8 Å². The largest absolute Gasteiger partial charge is 0.356 e. The molecule has 0 radical (unpaired) electrons. The molecule has 0 N–H and O–H groups in total. The second-order valence-electron chi connectivity index (χ2n) is 1.99. The van der Waals surface area contributed by atoms with Crippen LogP contribution in [0.3, 0.4) is 0 Å². The number of ether oxygens (including phenoxy) is 2.